The van der Waals surface area contributed by atoms with Crippen LogP contribution in [0, 0.1) is 6.92 Å². The smallest absolute Gasteiger partial charge is 0.191 e. The van der Waals surface area contributed by atoms with E-state index in [0.717, 1.165) is 17.4 Å². The number of nitrogens with one attached hydrogen (secondary N) is 2. The molecule has 0 spiro atoms. The molecule has 1 heterocycles. The maximum Gasteiger partial charge on any atom is 0.191 e. The monoisotopic (exact) mass is 477 g/mol. The molecule has 0 radical (unpaired) electrons. The molecule has 2 aromatic rings. The zero-order chi connectivity index (χ0) is 16.5. The molecule has 24 heavy (non-hydrogen) atoms. The SMILES string of the molecule is CCNC(=NCc1sccc1C)NCCS(=O)c1ccccc1.I. The first-order valence-electron chi connectivity index (χ1n) is 7.69. The second-order valence-corrected chi connectivity index (χ2v) is 7.58. The molecule has 0 fully saturated rings. The molecule has 0 aliphatic heterocycles. The molecule has 0 saturated heterocycles. The van der Waals surface area contributed by atoms with Gasteiger partial charge in [-0.1, -0.05) is 18.2 Å². The van der Waals surface area contributed by atoms with Crippen molar-refractivity contribution in [1.29, 1.82) is 0 Å². The van der Waals surface area contributed by atoms with Crippen LogP contribution in [0.15, 0.2) is 51.7 Å². The molecule has 132 valence electrons. The van der Waals surface area contributed by atoms with Gasteiger partial charge in [0.1, 0.15) is 0 Å². The first-order valence-corrected chi connectivity index (χ1v) is 9.89. The summed E-state index contributed by atoms with van der Waals surface area (Å²) >= 11 is 1.72. The van der Waals surface area contributed by atoms with Gasteiger partial charge in [0.15, 0.2) is 5.96 Å². The van der Waals surface area contributed by atoms with Gasteiger partial charge in [0.05, 0.1) is 17.3 Å². The maximum atomic E-state index is 12.2. The van der Waals surface area contributed by atoms with Crippen molar-refractivity contribution < 1.29 is 4.21 Å². The summed E-state index contributed by atoms with van der Waals surface area (Å²) in [7, 11) is -0.984. The van der Waals surface area contributed by atoms with Crippen molar-refractivity contribution in [3.63, 3.8) is 0 Å². The summed E-state index contributed by atoms with van der Waals surface area (Å²) in [6.07, 6.45) is 0. The van der Waals surface area contributed by atoms with Crippen molar-refractivity contribution in [3.05, 3.63) is 52.2 Å². The Morgan fingerprint density at radius 1 is 1.21 bits per heavy atom. The summed E-state index contributed by atoms with van der Waals surface area (Å²) < 4.78 is 12.2. The summed E-state index contributed by atoms with van der Waals surface area (Å²) in [4.78, 5) is 6.73. The first-order chi connectivity index (χ1) is 11.2. The Morgan fingerprint density at radius 2 is 1.96 bits per heavy atom. The maximum absolute atomic E-state index is 12.2. The third kappa shape index (κ3) is 6.90. The van der Waals surface area contributed by atoms with E-state index in [1.54, 1.807) is 11.3 Å². The van der Waals surface area contributed by atoms with Crippen LogP contribution in [-0.2, 0) is 17.3 Å². The Bertz CT molecular complexity index is 659. The minimum absolute atomic E-state index is 0. The van der Waals surface area contributed by atoms with E-state index in [2.05, 4.69) is 34.0 Å². The number of hydrogen-bond acceptors (Lipinski definition) is 3. The van der Waals surface area contributed by atoms with Crippen LogP contribution in [0.25, 0.3) is 0 Å². The molecule has 0 aliphatic rings. The quantitative estimate of drug-likeness (QED) is 0.365. The Hall–Kier alpha value is -0.930. The summed E-state index contributed by atoms with van der Waals surface area (Å²) in [5.74, 6) is 1.33. The molecule has 4 nitrogen and oxygen atoms in total. The molecule has 0 bridgehead atoms. The van der Waals surface area contributed by atoms with Crippen molar-refractivity contribution in [2.45, 2.75) is 25.3 Å². The molecule has 0 aliphatic carbocycles. The lowest BCUT2D eigenvalue weighted by Crippen LogP contribution is -2.39. The van der Waals surface area contributed by atoms with Crippen LogP contribution in [0.3, 0.4) is 0 Å². The van der Waals surface area contributed by atoms with Crippen LogP contribution in [0.2, 0.25) is 0 Å². The lowest BCUT2D eigenvalue weighted by Gasteiger charge is -2.11. The van der Waals surface area contributed by atoms with Gasteiger partial charge in [-0.2, -0.15) is 0 Å². The zero-order valence-corrected chi connectivity index (χ0v) is 17.9. The highest BCUT2D eigenvalue weighted by atomic mass is 127. The molecular weight excluding hydrogens is 453 g/mol. The topological polar surface area (TPSA) is 53.5 Å². The number of aryl methyl sites for hydroxylation is 1. The van der Waals surface area contributed by atoms with Gasteiger partial charge in [-0.15, -0.1) is 35.3 Å². The van der Waals surface area contributed by atoms with Gasteiger partial charge in [0.2, 0.25) is 0 Å². The fourth-order valence-corrected chi connectivity index (χ4v) is 3.82. The molecule has 0 saturated carbocycles. The lowest BCUT2D eigenvalue weighted by atomic mass is 10.3. The predicted molar refractivity (Wildman–Crippen MR) is 115 cm³/mol. The fourth-order valence-electron chi connectivity index (χ4n) is 2.01. The van der Waals surface area contributed by atoms with Crippen LogP contribution >= 0.6 is 35.3 Å². The van der Waals surface area contributed by atoms with Crippen molar-refractivity contribution in [3.8, 4) is 0 Å². The number of nitrogens with zero attached hydrogens (tertiary/aromatic N) is 1. The van der Waals surface area contributed by atoms with Crippen molar-refractivity contribution in [2.24, 2.45) is 4.99 Å². The minimum atomic E-state index is -0.984. The normalized spacial score (nSPS) is 12.3. The number of guanidine groups is 1. The van der Waals surface area contributed by atoms with Gasteiger partial charge >= 0.3 is 0 Å². The molecule has 2 N–H and O–H groups in total. The number of aliphatic imine (C=N–C) groups is 1. The third-order valence-electron chi connectivity index (χ3n) is 3.28. The summed E-state index contributed by atoms with van der Waals surface area (Å²) in [6, 6.07) is 11.7. The molecule has 1 aromatic heterocycles. The van der Waals surface area contributed by atoms with E-state index in [1.165, 1.54) is 10.4 Å². The largest absolute Gasteiger partial charge is 0.357 e. The van der Waals surface area contributed by atoms with E-state index in [0.29, 0.717) is 18.8 Å². The Balaban J connectivity index is 0.00000288. The molecule has 1 aromatic carbocycles. The zero-order valence-electron chi connectivity index (χ0n) is 14.0. The lowest BCUT2D eigenvalue weighted by molar-refractivity contribution is 0.681. The molecule has 2 rings (SSSR count). The first kappa shape index (κ1) is 21.1. The van der Waals surface area contributed by atoms with Crippen LogP contribution in [-0.4, -0.2) is 29.0 Å². The number of hydrogen-bond donors (Lipinski definition) is 2. The minimum Gasteiger partial charge on any atom is -0.357 e. The van der Waals surface area contributed by atoms with E-state index >= 15 is 0 Å². The number of rotatable bonds is 7. The molecule has 1 unspecified atom stereocenters. The van der Waals surface area contributed by atoms with E-state index in [9.17, 15) is 4.21 Å². The summed E-state index contributed by atoms with van der Waals surface area (Å²) in [6.45, 7) is 6.23. The van der Waals surface area contributed by atoms with Gasteiger partial charge in [-0.3, -0.25) is 4.21 Å². The van der Waals surface area contributed by atoms with Gasteiger partial charge in [-0.25, -0.2) is 4.99 Å². The molecular formula is C17H24IN3OS2. The number of benzene rings is 1. The number of halogens is 1. The second kappa shape index (κ2) is 11.6. The summed E-state index contributed by atoms with van der Waals surface area (Å²) in [5, 5.41) is 8.56. The standard InChI is InChI=1S/C17H23N3OS2.HI/c1-3-18-17(20-13-16-14(2)9-11-22-16)19-10-12-23(21)15-7-5-4-6-8-15;/h4-9,11H,3,10,12-13H2,1-2H3,(H2,18,19,20);1H. The predicted octanol–water partition coefficient (Wildman–Crippen LogP) is 3.54. The second-order valence-electron chi connectivity index (χ2n) is 5.01. The van der Waals surface area contributed by atoms with E-state index in [4.69, 9.17) is 0 Å². The van der Waals surface area contributed by atoms with E-state index in [-0.39, 0.29) is 24.0 Å². The van der Waals surface area contributed by atoms with Gasteiger partial charge in [0.25, 0.3) is 0 Å². The van der Waals surface area contributed by atoms with Gasteiger partial charge < -0.3 is 10.6 Å². The Kier molecular flexibility index (Phi) is 10.2. The molecule has 7 heteroatoms. The van der Waals surface area contributed by atoms with Crippen LogP contribution in [0.1, 0.15) is 17.4 Å². The highest BCUT2D eigenvalue weighted by Gasteiger charge is 2.04. The van der Waals surface area contributed by atoms with Gasteiger partial charge in [0, 0.05) is 28.6 Å². The van der Waals surface area contributed by atoms with Crippen LogP contribution in [0.5, 0.6) is 0 Å². The van der Waals surface area contributed by atoms with Crippen LogP contribution in [0.4, 0.5) is 0 Å². The average molecular weight is 477 g/mol. The molecule has 0 amide bonds. The Morgan fingerprint density at radius 3 is 2.58 bits per heavy atom. The van der Waals surface area contributed by atoms with Crippen molar-refractivity contribution in [2.75, 3.05) is 18.8 Å². The number of thiophene rings is 1. The highest BCUT2D eigenvalue weighted by molar-refractivity contribution is 14.0. The average Bonchev–Trinajstić information content (AvgIpc) is 2.98. The van der Waals surface area contributed by atoms with Crippen LogP contribution < -0.4 is 10.6 Å². The third-order valence-corrected chi connectivity index (χ3v) is 5.66. The fraction of sp³-hybridized carbons (Fsp3) is 0.353. The molecule has 1 atom stereocenters. The van der Waals surface area contributed by atoms with E-state index in [1.807, 2.05) is 37.3 Å². The van der Waals surface area contributed by atoms with Crippen molar-refractivity contribution >= 4 is 52.1 Å². The van der Waals surface area contributed by atoms with E-state index < -0.39 is 10.8 Å². The highest BCUT2D eigenvalue weighted by Crippen LogP contribution is 2.16. The summed E-state index contributed by atoms with van der Waals surface area (Å²) in [5.41, 5.74) is 1.28. The van der Waals surface area contributed by atoms with Gasteiger partial charge in [-0.05, 0) is 43.0 Å². The Labute approximate surface area is 167 Å². The van der Waals surface area contributed by atoms with Crippen molar-refractivity contribution in [1.82, 2.24) is 10.6 Å².